The summed E-state index contributed by atoms with van der Waals surface area (Å²) in [5.74, 6) is 0.697. The van der Waals surface area contributed by atoms with E-state index in [1.165, 1.54) is 17.5 Å². The van der Waals surface area contributed by atoms with Crippen LogP contribution in [0.1, 0.15) is 10.4 Å². The topological polar surface area (TPSA) is 106 Å². The molecule has 3 heterocycles. The van der Waals surface area contributed by atoms with Gasteiger partial charge in [-0.15, -0.1) is 5.06 Å². The van der Waals surface area contributed by atoms with Crippen molar-refractivity contribution in [3.8, 4) is 6.07 Å². The van der Waals surface area contributed by atoms with Crippen LogP contribution in [0.3, 0.4) is 0 Å². The van der Waals surface area contributed by atoms with E-state index in [1.54, 1.807) is 18.3 Å². The molecule has 10 heteroatoms. The maximum Gasteiger partial charge on any atom is 0.426 e. The molecule has 9 nitrogen and oxygen atoms in total. The highest BCUT2D eigenvalue weighted by atomic mass is 32.1. The number of aromatic nitrogens is 2. The fourth-order valence-electron chi connectivity index (χ4n) is 2.53. The van der Waals surface area contributed by atoms with E-state index in [9.17, 15) is 4.79 Å². The molecular formula is C16H19N7O2S. The Morgan fingerprint density at radius 3 is 2.88 bits per heavy atom. The Bertz CT molecular complexity index is 796. The lowest BCUT2D eigenvalue weighted by molar-refractivity contribution is -0.123. The van der Waals surface area contributed by atoms with Crippen molar-refractivity contribution >= 4 is 28.4 Å². The molecule has 0 aliphatic carbocycles. The van der Waals surface area contributed by atoms with E-state index in [0.717, 1.165) is 25.2 Å². The highest BCUT2D eigenvalue weighted by molar-refractivity contribution is 7.16. The maximum absolute atomic E-state index is 11.2. The van der Waals surface area contributed by atoms with Crippen LogP contribution in [-0.2, 0) is 11.4 Å². The third-order valence-electron chi connectivity index (χ3n) is 3.83. The third-order valence-corrected chi connectivity index (χ3v) is 4.65. The van der Waals surface area contributed by atoms with Crippen LogP contribution in [0, 0.1) is 11.3 Å². The summed E-state index contributed by atoms with van der Waals surface area (Å²) in [5.41, 5.74) is 1.13. The number of nitrogens with zero attached hydrogens (tertiary/aromatic N) is 5. The number of carbonyl (C=O) groups is 1. The van der Waals surface area contributed by atoms with Crippen molar-refractivity contribution in [1.82, 2.24) is 25.2 Å². The van der Waals surface area contributed by atoms with Gasteiger partial charge in [-0.25, -0.2) is 14.8 Å². The van der Waals surface area contributed by atoms with Gasteiger partial charge in [-0.1, -0.05) is 11.3 Å². The summed E-state index contributed by atoms with van der Waals surface area (Å²) in [4.78, 5) is 27.7. The highest BCUT2D eigenvalue weighted by Crippen LogP contribution is 2.21. The van der Waals surface area contributed by atoms with Gasteiger partial charge in [0, 0.05) is 46.0 Å². The molecule has 2 N–H and O–H groups in total. The zero-order valence-corrected chi connectivity index (χ0v) is 15.1. The van der Waals surface area contributed by atoms with Crippen LogP contribution in [-0.4, -0.2) is 59.3 Å². The summed E-state index contributed by atoms with van der Waals surface area (Å²) >= 11 is 1.29. The van der Waals surface area contributed by atoms with Crippen LogP contribution in [0.2, 0.25) is 0 Å². The summed E-state index contributed by atoms with van der Waals surface area (Å²) in [6.07, 6.45) is 2.85. The first-order chi connectivity index (χ1) is 12.7. The molecule has 0 radical (unpaired) electrons. The Labute approximate surface area is 155 Å². The van der Waals surface area contributed by atoms with E-state index < -0.39 is 6.09 Å². The van der Waals surface area contributed by atoms with Gasteiger partial charge in [0.1, 0.15) is 16.8 Å². The molecule has 1 aliphatic rings. The van der Waals surface area contributed by atoms with Crippen molar-refractivity contribution in [3.63, 3.8) is 0 Å². The maximum atomic E-state index is 11.2. The minimum absolute atomic E-state index is 0.440. The molecule has 1 aliphatic heterocycles. The predicted octanol–water partition coefficient (Wildman–Crippen LogP) is 1.54. The molecule has 26 heavy (non-hydrogen) atoms. The Kier molecular flexibility index (Phi) is 5.96. The highest BCUT2D eigenvalue weighted by Gasteiger charge is 2.19. The first-order valence-corrected chi connectivity index (χ1v) is 8.93. The number of pyridine rings is 1. The molecule has 136 valence electrons. The summed E-state index contributed by atoms with van der Waals surface area (Å²) in [6, 6.07) is 6.01. The first-order valence-electron chi connectivity index (χ1n) is 8.11. The number of hydrogen-bond donors (Lipinski definition) is 2. The molecule has 0 aromatic carbocycles. The van der Waals surface area contributed by atoms with E-state index in [2.05, 4.69) is 31.6 Å². The van der Waals surface area contributed by atoms with Crippen molar-refractivity contribution in [1.29, 1.82) is 5.26 Å². The smallest absolute Gasteiger partial charge is 0.351 e. The average Bonchev–Trinajstić information content (AvgIpc) is 3.11. The van der Waals surface area contributed by atoms with Gasteiger partial charge < -0.3 is 15.5 Å². The third kappa shape index (κ3) is 4.89. The molecule has 2 aromatic heterocycles. The first kappa shape index (κ1) is 18.1. The number of piperazine rings is 1. The van der Waals surface area contributed by atoms with Crippen LogP contribution in [0.5, 0.6) is 0 Å². The van der Waals surface area contributed by atoms with Gasteiger partial charge in [0.25, 0.3) is 0 Å². The molecule has 0 unspecified atom stereocenters. The van der Waals surface area contributed by atoms with Crippen molar-refractivity contribution < 1.29 is 9.63 Å². The minimum atomic E-state index is -0.440. The fourth-order valence-corrected chi connectivity index (χ4v) is 3.15. The zero-order chi connectivity index (χ0) is 18.4. The molecule has 0 saturated carbocycles. The Hall–Kier alpha value is -2.74. The number of thiazole rings is 1. The van der Waals surface area contributed by atoms with Crippen LogP contribution >= 0.6 is 11.3 Å². The van der Waals surface area contributed by atoms with Crippen molar-refractivity contribution in [2.24, 2.45) is 0 Å². The number of hydrogen-bond acceptors (Lipinski definition) is 9. The zero-order valence-electron chi connectivity index (χ0n) is 14.3. The van der Waals surface area contributed by atoms with E-state index in [4.69, 9.17) is 10.1 Å². The van der Waals surface area contributed by atoms with Gasteiger partial charge in [-0.3, -0.25) is 4.90 Å². The molecule has 3 rings (SSSR count). The summed E-state index contributed by atoms with van der Waals surface area (Å²) < 4.78 is 0. The molecule has 1 amide bonds. The second-order valence-corrected chi connectivity index (χ2v) is 6.68. The van der Waals surface area contributed by atoms with E-state index in [0.29, 0.717) is 28.9 Å². The van der Waals surface area contributed by atoms with Gasteiger partial charge in [0.05, 0.1) is 6.20 Å². The Balaban J connectivity index is 1.53. The second kappa shape index (κ2) is 8.57. The van der Waals surface area contributed by atoms with Gasteiger partial charge in [-0.05, 0) is 17.7 Å². The SMILES string of the molecule is CNC(=O)ON1CCN(Cc2ccnc(Nc3ncc(C#N)s3)c2)CC1. The van der Waals surface area contributed by atoms with Gasteiger partial charge in [0.15, 0.2) is 5.13 Å². The normalized spacial score (nSPS) is 15.2. The molecule has 1 fully saturated rings. The van der Waals surface area contributed by atoms with Crippen LogP contribution in [0.4, 0.5) is 15.7 Å². The largest absolute Gasteiger partial charge is 0.426 e. The molecule has 1 saturated heterocycles. The van der Waals surface area contributed by atoms with Gasteiger partial charge in [0.2, 0.25) is 0 Å². The lowest BCUT2D eigenvalue weighted by Gasteiger charge is -2.33. The number of nitriles is 1. The van der Waals surface area contributed by atoms with Crippen molar-refractivity contribution in [2.45, 2.75) is 6.54 Å². The van der Waals surface area contributed by atoms with Gasteiger partial charge in [-0.2, -0.15) is 5.26 Å². The monoisotopic (exact) mass is 373 g/mol. The Morgan fingerprint density at radius 1 is 1.38 bits per heavy atom. The van der Waals surface area contributed by atoms with Crippen LogP contribution in [0.15, 0.2) is 24.5 Å². The molecule has 0 bridgehead atoms. The van der Waals surface area contributed by atoms with E-state index in [1.807, 2.05) is 12.1 Å². The molecule has 2 aromatic rings. The number of carbonyl (C=O) groups excluding carboxylic acids is 1. The second-order valence-electron chi connectivity index (χ2n) is 5.65. The number of hydroxylamine groups is 2. The molecule has 0 atom stereocenters. The predicted molar refractivity (Wildman–Crippen MR) is 96.7 cm³/mol. The number of rotatable bonds is 5. The van der Waals surface area contributed by atoms with Crippen LogP contribution < -0.4 is 10.6 Å². The quantitative estimate of drug-likeness (QED) is 0.813. The average molecular weight is 373 g/mol. The van der Waals surface area contributed by atoms with E-state index >= 15 is 0 Å². The Morgan fingerprint density at radius 2 is 2.19 bits per heavy atom. The molecule has 0 spiro atoms. The van der Waals surface area contributed by atoms with Crippen molar-refractivity contribution in [2.75, 3.05) is 38.5 Å². The van der Waals surface area contributed by atoms with Gasteiger partial charge >= 0.3 is 6.09 Å². The van der Waals surface area contributed by atoms with Crippen LogP contribution in [0.25, 0.3) is 0 Å². The standard InChI is InChI=1S/C16H19N7O2S/c1-18-16(24)25-23-6-4-22(5-7-23)11-12-2-3-19-14(8-12)21-15-20-10-13(9-17)26-15/h2-3,8,10H,4-7,11H2,1H3,(H,18,24)(H,19,20,21). The van der Waals surface area contributed by atoms with E-state index in [-0.39, 0.29) is 0 Å². The van der Waals surface area contributed by atoms with Crippen molar-refractivity contribution in [3.05, 3.63) is 35.0 Å². The number of anilines is 2. The number of nitrogens with one attached hydrogen (secondary N) is 2. The number of amides is 1. The lowest BCUT2D eigenvalue weighted by atomic mass is 10.2. The summed E-state index contributed by atoms with van der Waals surface area (Å²) in [6.45, 7) is 3.73. The summed E-state index contributed by atoms with van der Waals surface area (Å²) in [5, 5.41) is 16.7. The lowest BCUT2D eigenvalue weighted by Crippen LogP contribution is -2.47. The molecular weight excluding hydrogens is 354 g/mol. The minimum Gasteiger partial charge on any atom is -0.351 e. The fraction of sp³-hybridized carbons (Fsp3) is 0.375. The summed E-state index contributed by atoms with van der Waals surface area (Å²) in [7, 11) is 1.54.